The minimum Gasteiger partial charge on any atom is -0.208 e. The second-order valence-corrected chi connectivity index (χ2v) is 16.4. The van der Waals surface area contributed by atoms with Crippen molar-refractivity contribution in [3.05, 3.63) is 311 Å². The van der Waals surface area contributed by atoms with E-state index in [0.717, 1.165) is 72.4 Å². The van der Waals surface area contributed by atoms with Crippen molar-refractivity contribution in [2.45, 2.75) is 31.6 Å². The van der Waals surface area contributed by atoms with Gasteiger partial charge in [0.15, 0.2) is 17.5 Å². The Balaban J connectivity index is 1.31. The van der Waals surface area contributed by atoms with E-state index in [1.807, 2.05) is 13.0 Å². The summed E-state index contributed by atoms with van der Waals surface area (Å²) in [5.74, 6) is 1.76. The lowest BCUT2D eigenvalue weighted by atomic mass is 9.65. The molecule has 0 atom stereocenters. The van der Waals surface area contributed by atoms with E-state index >= 15 is 0 Å². The molecule has 0 bridgehead atoms. The third-order valence-electron chi connectivity index (χ3n) is 12.7. The van der Waals surface area contributed by atoms with Gasteiger partial charge in [0.1, 0.15) is 0 Å². The molecule has 314 valence electrons. The standard InChI is InChI=1S/C62H51N3/c1-5-45(3)57(46(4)6-2)60-64-58(47-27-25-41-55(43-47)61(49-29-13-7-14-30-49,50-31-15-8-16-32-50)51-33-17-9-18-34-51)63-59(65-60)48-28-26-42-56(44-48)62(52-35-19-10-20-36-52,53-37-21-11-22-38-53)54-39-23-12-24-40-54/h5-44H,1H2,2-4H3/b46-6-,57-45+. The normalized spacial score (nSPS) is 12.3. The van der Waals surface area contributed by atoms with Gasteiger partial charge in [0, 0.05) is 16.7 Å². The van der Waals surface area contributed by atoms with Crippen molar-refractivity contribution in [1.29, 1.82) is 0 Å². The van der Waals surface area contributed by atoms with Crippen LogP contribution in [0, 0.1) is 0 Å². The van der Waals surface area contributed by atoms with Crippen LogP contribution in [0.5, 0.6) is 0 Å². The Hall–Kier alpha value is -8.01. The maximum absolute atomic E-state index is 5.42. The summed E-state index contributed by atoms with van der Waals surface area (Å²) in [6.07, 6.45) is 3.99. The highest BCUT2D eigenvalue weighted by Gasteiger charge is 2.40. The van der Waals surface area contributed by atoms with E-state index in [-0.39, 0.29) is 0 Å². The maximum atomic E-state index is 5.42. The highest BCUT2D eigenvalue weighted by molar-refractivity contribution is 5.80. The lowest BCUT2D eigenvalue weighted by Crippen LogP contribution is -2.31. The van der Waals surface area contributed by atoms with Gasteiger partial charge in [0.05, 0.1) is 10.8 Å². The molecule has 65 heavy (non-hydrogen) atoms. The minimum absolute atomic E-state index is 0.582. The molecule has 0 N–H and O–H groups in total. The number of rotatable bonds is 13. The first kappa shape index (κ1) is 42.3. The van der Waals surface area contributed by atoms with Crippen LogP contribution in [-0.2, 0) is 10.8 Å². The van der Waals surface area contributed by atoms with Crippen molar-refractivity contribution < 1.29 is 0 Å². The van der Waals surface area contributed by atoms with Crippen molar-refractivity contribution >= 4 is 5.57 Å². The molecule has 0 radical (unpaired) electrons. The van der Waals surface area contributed by atoms with Crippen LogP contribution in [0.2, 0.25) is 0 Å². The van der Waals surface area contributed by atoms with Gasteiger partial charge in [-0.1, -0.05) is 237 Å². The van der Waals surface area contributed by atoms with E-state index in [9.17, 15) is 0 Å². The fraction of sp³-hybridized carbons (Fsp3) is 0.0806. The van der Waals surface area contributed by atoms with Crippen LogP contribution in [0.3, 0.4) is 0 Å². The van der Waals surface area contributed by atoms with E-state index in [0.29, 0.717) is 17.5 Å². The van der Waals surface area contributed by atoms with E-state index in [1.165, 1.54) is 0 Å². The van der Waals surface area contributed by atoms with Crippen LogP contribution >= 0.6 is 0 Å². The van der Waals surface area contributed by atoms with Gasteiger partial charge < -0.3 is 0 Å². The van der Waals surface area contributed by atoms with Gasteiger partial charge in [-0.3, -0.25) is 0 Å². The first-order valence-electron chi connectivity index (χ1n) is 22.3. The molecule has 0 amide bonds. The van der Waals surface area contributed by atoms with E-state index in [1.54, 1.807) is 0 Å². The number of hydrogen-bond donors (Lipinski definition) is 0. The zero-order valence-electron chi connectivity index (χ0n) is 37.1. The number of aromatic nitrogens is 3. The second-order valence-electron chi connectivity index (χ2n) is 16.4. The second kappa shape index (κ2) is 18.8. The minimum atomic E-state index is -0.644. The predicted molar refractivity (Wildman–Crippen MR) is 270 cm³/mol. The van der Waals surface area contributed by atoms with Crippen molar-refractivity contribution in [3.63, 3.8) is 0 Å². The first-order chi connectivity index (χ1) is 32.0. The molecule has 9 rings (SSSR count). The van der Waals surface area contributed by atoms with Gasteiger partial charge in [0.25, 0.3) is 0 Å². The lowest BCUT2D eigenvalue weighted by Gasteiger charge is -2.37. The molecule has 1 aromatic heterocycles. The van der Waals surface area contributed by atoms with Crippen molar-refractivity contribution in [2.75, 3.05) is 0 Å². The Morgan fingerprint density at radius 1 is 0.385 bits per heavy atom. The summed E-state index contributed by atoms with van der Waals surface area (Å²) in [5, 5.41) is 0. The van der Waals surface area contributed by atoms with Crippen molar-refractivity contribution in [1.82, 2.24) is 15.0 Å². The Morgan fingerprint density at radius 3 is 0.954 bits per heavy atom. The molecular weight excluding hydrogens is 787 g/mol. The quantitative estimate of drug-likeness (QED) is 0.0858. The molecule has 0 saturated carbocycles. The summed E-state index contributed by atoms with van der Waals surface area (Å²) in [7, 11) is 0. The average molecular weight is 838 g/mol. The molecule has 0 aliphatic rings. The molecule has 3 nitrogen and oxygen atoms in total. The lowest BCUT2D eigenvalue weighted by molar-refractivity contribution is 0.745. The van der Waals surface area contributed by atoms with Gasteiger partial charge in [-0.2, -0.15) is 0 Å². The number of hydrogen-bond acceptors (Lipinski definition) is 3. The van der Waals surface area contributed by atoms with Crippen LogP contribution in [0.15, 0.2) is 260 Å². The van der Waals surface area contributed by atoms with Crippen LogP contribution < -0.4 is 0 Å². The van der Waals surface area contributed by atoms with E-state index in [2.05, 4.69) is 257 Å². The largest absolute Gasteiger partial charge is 0.208 e. The molecule has 0 unspecified atom stereocenters. The third-order valence-corrected chi connectivity index (χ3v) is 12.7. The van der Waals surface area contributed by atoms with Crippen LogP contribution in [-0.4, -0.2) is 15.0 Å². The molecular formula is C62H51N3. The molecule has 1 heterocycles. The predicted octanol–water partition coefficient (Wildman–Crippen LogP) is 14.9. The molecule has 9 aromatic rings. The molecule has 0 aliphatic carbocycles. The number of benzene rings is 8. The Morgan fingerprint density at radius 2 is 0.677 bits per heavy atom. The van der Waals surface area contributed by atoms with Gasteiger partial charge in [-0.05, 0) is 88.6 Å². The van der Waals surface area contributed by atoms with Crippen LogP contribution in [0.1, 0.15) is 71.1 Å². The van der Waals surface area contributed by atoms with Gasteiger partial charge in [0.2, 0.25) is 0 Å². The zero-order chi connectivity index (χ0) is 44.6. The van der Waals surface area contributed by atoms with Gasteiger partial charge in [-0.15, -0.1) is 0 Å². The highest BCUT2D eigenvalue weighted by atomic mass is 15.0. The smallest absolute Gasteiger partial charge is 0.164 e. The summed E-state index contributed by atoms with van der Waals surface area (Å²) in [5.41, 5.74) is 12.6. The maximum Gasteiger partial charge on any atom is 0.164 e. The zero-order valence-corrected chi connectivity index (χ0v) is 37.1. The summed E-state index contributed by atoms with van der Waals surface area (Å²) in [6, 6.07) is 82.2. The number of nitrogens with zero attached hydrogens (tertiary/aromatic N) is 3. The summed E-state index contributed by atoms with van der Waals surface area (Å²) in [4.78, 5) is 16.1. The monoisotopic (exact) mass is 837 g/mol. The van der Waals surface area contributed by atoms with Gasteiger partial charge >= 0.3 is 0 Å². The summed E-state index contributed by atoms with van der Waals surface area (Å²) in [6.45, 7) is 10.4. The fourth-order valence-electron chi connectivity index (χ4n) is 9.57. The Labute approximate surface area is 383 Å². The van der Waals surface area contributed by atoms with Crippen molar-refractivity contribution in [2.24, 2.45) is 0 Å². The van der Waals surface area contributed by atoms with E-state index in [4.69, 9.17) is 15.0 Å². The first-order valence-corrected chi connectivity index (χ1v) is 22.3. The fourth-order valence-corrected chi connectivity index (χ4v) is 9.57. The number of allylic oxidation sites excluding steroid dienone is 5. The molecule has 3 heteroatoms. The van der Waals surface area contributed by atoms with Crippen LogP contribution in [0.4, 0.5) is 0 Å². The van der Waals surface area contributed by atoms with Crippen LogP contribution in [0.25, 0.3) is 28.3 Å². The molecule has 0 spiro atoms. The molecule has 0 aliphatic heterocycles. The summed E-state index contributed by atoms with van der Waals surface area (Å²) < 4.78 is 0. The third kappa shape index (κ3) is 7.87. The van der Waals surface area contributed by atoms with E-state index < -0.39 is 10.8 Å². The van der Waals surface area contributed by atoms with Gasteiger partial charge in [-0.25, -0.2) is 15.0 Å². The molecule has 0 fully saturated rings. The average Bonchev–Trinajstić information content (AvgIpc) is 3.39. The SMILES string of the molecule is C=C/C(C)=C(\C(C)=C/C)c1nc(-c2cccc(C(c3ccccc3)(c3ccccc3)c3ccccc3)c2)nc(-c2cccc(C(c3ccccc3)(c3ccccc3)c3ccccc3)c2)n1. The topological polar surface area (TPSA) is 38.7 Å². The highest BCUT2D eigenvalue weighted by Crippen LogP contribution is 2.47. The summed E-state index contributed by atoms with van der Waals surface area (Å²) >= 11 is 0. The van der Waals surface area contributed by atoms with Crippen molar-refractivity contribution in [3.8, 4) is 22.8 Å². The Bertz CT molecular complexity index is 2720. The Kier molecular flexibility index (Phi) is 12.2. The molecule has 0 saturated heterocycles. The molecule has 8 aromatic carbocycles.